The first-order valence-corrected chi connectivity index (χ1v) is 8.86. The van der Waals surface area contributed by atoms with Crippen molar-refractivity contribution in [1.82, 2.24) is 9.62 Å². The predicted octanol–water partition coefficient (Wildman–Crippen LogP) is 2.36. The van der Waals surface area contributed by atoms with Crippen LogP contribution >= 0.6 is 23.2 Å². The Hall–Kier alpha value is -0.330. The maximum absolute atomic E-state index is 12.4. The van der Waals surface area contributed by atoms with E-state index in [1.54, 1.807) is 18.2 Å². The van der Waals surface area contributed by atoms with E-state index in [4.69, 9.17) is 23.2 Å². The van der Waals surface area contributed by atoms with Crippen molar-refractivity contribution in [3.63, 3.8) is 0 Å². The van der Waals surface area contributed by atoms with Crippen LogP contribution in [0.4, 0.5) is 0 Å². The molecule has 1 fully saturated rings. The lowest BCUT2D eigenvalue weighted by atomic mass is 10.1. The van der Waals surface area contributed by atoms with Crippen molar-refractivity contribution in [1.29, 1.82) is 0 Å². The van der Waals surface area contributed by atoms with E-state index < -0.39 is 10.0 Å². The molecule has 2 rings (SSSR count). The summed E-state index contributed by atoms with van der Waals surface area (Å²) in [6.45, 7) is 1.96. The van der Waals surface area contributed by atoms with Crippen LogP contribution in [0.5, 0.6) is 0 Å². The van der Waals surface area contributed by atoms with Crippen LogP contribution in [0.25, 0.3) is 0 Å². The van der Waals surface area contributed by atoms with Gasteiger partial charge in [0.25, 0.3) is 0 Å². The minimum Gasteiger partial charge on any atom is -0.319 e. The molecule has 1 saturated heterocycles. The summed E-state index contributed by atoms with van der Waals surface area (Å²) in [7, 11) is -1.50. The predicted molar refractivity (Wildman–Crippen MR) is 82.7 cm³/mol. The van der Waals surface area contributed by atoms with Gasteiger partial charge in [0.05, 0.1) is 5.75 Å². The Bertz CT molecular complexity index is 557. The summed E-state index contributed by atoms with van der Waals surface area (Å²) in [6, 6.07) is 5.03. The Morgan fingerprint density at radius 2 is 2.00 bits per heavy atom. The zero-order valence-corrected chi connectivity index (χ0v) is 13.6. The number of sulfonamides is 1. The summed E-state index contributed by atoms with van der Waals surface area (Å²) in [5, 5.41) is 3.88. The molecule has 112 valence electrons. The zero-order valence-electron chi connectivity index (χ0n) is 11.3. The van der Waals surface area contributed by atoms with Gasteiger partial charge in [-0.2, -0.15) is 0 Å². The summed E-state index contributed by atoms with van der Waals surface area (Å²) < 4.78 is 26.4. The minimum absolute atomic E-state index is 0.141. The van der Waals surface area contributed by atoms with Crippen molar-refractivity contribution in [2.75, 3.05) is 26.7 Å². The average Bonchev–Trinajstić information content (AvgIpc) is 2.84. The molecule has 1 N–H and O–H groups in total. The van der Waals surface area contributed by atoms with Crippen LogP contribution in [0, 0.1) is 5.92 Å². The number of halogens is 2. The maximum atomic E-state index is 12.4. The fraction of sp³-hybridized carbons (Fsp3) is 0.538. The molecule has 1 aromatic rings. The van der Waals surface area contributed by atoms with Gasteiger partial charge in [-0.3, -0.25) is 0 Å². The summed E-state index contributed by atoms with van der Waals surface area (Å²) in [5.74, 6) is 0.231. The Morgan fingerprint density at radius 3 is 2.60 bits per heavy atom. The summed E-state index contributed by atoms with van der Waals surface area (Å²) in [5.41, 5.74) is 0.480. The molecule has 0 aliphatic carbocycles. The van der Waals surface area contributed by atoms with Crippen LogP contribution in [0.15, 0.2) is 18.2 Å². The smallest absolute Gasteiger partial charge is 0.218 e. The van der Waals surface area contributed by atoms with Gasteiger partial charge in [-0.15, -0.1) is 0 Å². The normalized spacial score (nSPS) is 20.4. The second-order valence-corrected chi connectivity index (χ2v) is 7.81. The van der Waals surface area contributed by atoms with E-state index in [9.17, 15) is 8.42 Å². The Balaban J connectivity index is 2.12. The van der Waals surface area contributed by atoms with Crippen LogP contribution in [0.1, 0.15) is 12.0 Å². The summed E-state index contributed by atoms with van der Waals surface area (Å²) in [6.07, 6.45) is 0.885. The van der Waals surface area contributed by atoms with Crippen LogP contribution < -0.4 is 5.32 Å². The first-order chi connectivity index (χ1) is 9.44. The third-order valence-corrected chi connectivity index (χ3v) is 6.00. The third-order valence-electron chi connectivity index (χ3n) is 3.52. The van der Waals surface area contributed by atoms with E-state index >= 15 is 0 Å². The number of hydrogen-bond acceptors (Lipinski definition) is 3. The van der Waals surface area contributed by atoms with Crippen molar-refractivity contribution in [3.8, 4) is 0 Å². The van der Waals surface area contributed by atoms with Crippen LogP contribution in [-0.4, -0.2) is 39.4 Å². The van der Waals surface area contributed by atoms with E-state index in [0.29, 0.717) is 34.6 Å². The fourth-order valence-electron chi connectivity index (χ4n) is 2.45. The molecule has 1 unspecified atom stereocenters. The fourth-order valence-corrected chi connectivity index (χ4v) is 4.82. The maximum Gasteiger partial charge on any atom is 0.218 e. The molecule has 0 bridgehead atoms. The number of nitrogens with zero attached hydrogens (tertiary/aromatic N) is 1. The quantitative estimate of drug-likeness (QED) is 0.897. The van der Waals surface area contributed by atoms with Gasteiger partial charge in [0.1, 0.15) is 0 Å². The third kappa shape index (κ3) is 3.65. The van der Waals surface area contributed by atoms with Crippen molar-refractivity contribution in [2.24, 2.45) is 5.92 Å². The van der Waals surface area contributed by atoms with E-state index in [2.05, 4.69) is 5.32 Å². The van der Waals surface area contributed by atoms with Crippen molar-refractivity contribution < 1.29 is 8.42 Å². The van der Waals surface area contributed by atoms with Crippen molar-refractivity contribution in [2.45, 2.75) is 12.2 Å². The van der Waals surface area contributed by atoms with Gasteiger partial charge in [-0.1, -0.05) is 29.3 Å². The molecule has 0 saturated carbocycles. The molecule has 0 amide bonds. The van der Waals surface area contributed by atoms with Crippen LogP contribution in [-0.2, 0) is 15.8 Å². The highest BCUT2D eigenvalue weighted by Gasteiger charge is 2.31. The van der Waals surface area contributed by atoms with Gasteiger partial charge in [-0.25, -0.2) is 12.7 Å². The number of benzene rings is 1. The van der Waals surface area contributed by atoms with Crippen molar-refractivity contribution >= 4 is 33.2 Å². The summed E-state index contributed by atoms with van der Waals surface area (Å²) in [4.78, 5) is 0. The van der Waals surface area contributed by atoms with Crippen LogP contribution in [0.2, 0.25) is 10.0 Å². The average molecular weight is 337 g/mol. The van der Waals surface area contributed by atoms with Gasteiger partial charge in [-0.05, 0) is 38.1 Å². The van der Waals surface area contributed by atoms with Crippen LogP contribution in [0.3, 0.4) is 0 Å². The minimum atomic E-state index is -3.37. The SMILES string of the molecule is CNCC1CCN(S(=O)(=O)Cc2c(Cl)cccc2Cl)C1. The lowest BCUT2D eigenvalue weighted by Crippen LogP contribution is -2.31. The Labute approximate surface area is 130 Å². The molecule has 0 spiro atoms. The Morgan fingerprint density at radius 1 is 1.35 bits per heavy atom. The molecule has 0 radical (unpaired) electrons. The molecular weight excluding hydrogens is 319 g/mol. The highest BCUT2D eigenvalue weighted by atomic mass is 35.5. The van der Waals surface area contributed by atoms with E-state index in [1.165, 1.54) is 4.31 Å². The highest BCUT2D eigenvalue weighted by molar-refractivity contribution is 7.88. The molecule has 1 aliphatic heterocycles. The lowest BCUT2D eigenvalue weighted by Gasteiger charge is -2.17. The van der Waals surface area contributed by atoms with E-state index in [1.807, 2.05) is 7.05 Å². The van der Waals surface area contributed by atoms with Gasteiger partial charge >= 0.3 is 0 Å². The lowest BCUT2D eigenvalue weighted by molar-refractivity contribution is 0.450. The number of rotatable bonds is 5. The Kier molecular flexibility index (Phi) is 5.31. The number of nitrogens with one attached hydrogen (secondary N) is 1. The largest absolute Gasteiger partial charge is 0.319 e. The molecule has 4 nitrogen and oxygen atoms in total. The first-order valence-electron chi connectivity index (χ1n) is 6.49. The zero-order chi connectivity index (χ0) is 14.8. The molecule has 0 aromatic heterocycles. The molecule has 1 aromatic carbocycles. The highest BCUT2D eigenvalue weighted by Crippen LogP contribution is 2.29. The molecule has 7 heteroatoms. The van der Waals surface area contributed by atoms with Gasteiger partial charge in [0.2, 0.25) is 10.0 Å². The summed E-state index contributed by atoms with van der Waals surface area (Å²) >= 11 is 12.1. The topological polar surface area (TPSA) is 49.4 Å². The standard InChI is InChI=1S/C13H18Cl2N2O2S/c1-16-7-10-5-6-17(8-10)20(18,19)9-11-12(14)3-2-4-13(11)15/h2-4,10,16H,5-9H2,1H3. The van der Waals surface area contributed by atoms with Gasteiger partial charge in [0.15, 0.2) is 0 Å². The second-order valence-electron chi connectivity index (χ2n) is 5.03. The van der Waals surface area contributed by atoms with Crippen molar-refractivity contribution in [3.05, 3.63) is 33.8 Å². The molecule has 1 heterocycles. The first kappa shape index (κ1) is 16.0. The molecule has 1 aliphatic rings. The molecule has 1 atom stereocenters. The number of hydrogen-bond donors (Lipinski definition) is 1. The monoisotopic (exact) mass is 336 g/mol. The molecular formula is C13H18Cl2N2O2S. The van der Waals surface area contributed by atoms with Gasteiger partial charge < -0.3 is 5.32 Å². The van der Waals surface area contributed by atoms with E-state index in [0.717, 1.165) is 13.0 Å². The van der Waals surface area contributed by atoms with Gasteiger partial charge in [0, 0.05) is 28.7 Å². The molecule has 20 heavy (non-hydrogen) atoms. The second kappa shape index (κ2) is 6.62. The van der Waals surface area contributed by atoms with E-state index in [-0.39, 0.29) is 5.75 Å².